The summed E-state index contributed by atoms with van der Waals surface area (Å²) in [7, 11) is 0. The van der Waals surface area contributed by atoms with Crippen molar-refractivity contribution < 1.29 is 4.79 Å². The molecule has 2 aliphatic heterocycles. The number of benzene rings is 1. The van der Waals surface area contributed by atoms with Crippen LogP contribution in [0.5, 0.6) is 0 Å². The Morgan fingerprint density at radius 1 is 1.25 bits per heavy atom. The molecule has 2 fully saturated rings. The van der Waals surface area contributed by atoms with Crippen molar-refractivity contribution >= 4 is 40.1 Å². The van der Waals surface area contributed by atoms with Gasteiger partial charge in [0.1, 0.15) is 0 Å². The average Bonchev–Trinajstić information content (AvgIpc) is 2.59. The summed E-state index contributed by atoms with van der Waals surface area (Å²) < 4.78 is 0.941. The zero-order chi connectivity index (χ0) is 17.1. The van der Waals surface area contributed by atoms with Crippen LogP contribution >= 0.6 is 34.2 Å². The molecular formula is C19H26ClIN2O. The molecule has 0 aliphatic carbocycles. The zero-order valence-electron chi connectivity index (χ0n) is 14.3. The largest absolute Gasteiger partial charge is 0.338 e. The lowest BCUT2D eigenvalue weighted by Gasteiger charge is -2.38. The Morgan fingerprint density at radius 3 is 2.71 bits per heavy atom. The maximum Gasteiger partial charge on any atom is 0.253 e. The van der Waals surface area contributed by atoms with E-state index in [4.69, 9.17) is 11.6 Å². The first-order chi connectivity index (χ1) is 11.5. The number of likely N-dealkylation sites (tertiary alicyclic amines) is 2. The molecule has 3 rings (SSSR count). The first kappa shape index (κ1) is 18.5. The predicted molar refractivity (Wildman–Crippen MR) is 108 cm³/mol. The molecule has 0 N–H and O–H groups in total. The molecule has 1 aromatic carbocycles. The quantitative estimate of drug-likeness (QED) is 0.619. The number of hydrogen-bond acceptors (Lipinski definition) is 2. The fourth-order valence-electron chi connectivity index (χ4n) is 3.82. The number of rotatable bonds is 3. The van der Waals surface area contributed by atoms with Gasteiger partial charge in [-0.3, -0.25) is 4.79 Å². The molecule has 1 unspecified atom stereocenters. The number of piperidine rings is 2. The van der Waals surface area contributed by atoms with Gasteiger partial charge in [0, 0.05) is 28.8 Å². The molecule has 24 heavy (non-hydrogen) atoms. The summed E-state index contributed by atoms with van der Waals surface area (Å²) in [4.78, 5) is 17.5. The summed E-state index contributed by atoms with van der Waals surface area (Å²) >= 11 is 8.26. The number of carbonyl (C=O) groups is 1. The van der Waals surface area contributed by atoms with Crippen LogP contribution in [0.2, 0.25) is 5.02 Å². The van der Waals surface area contributed by atoms with Crippen molar-refractivity contribution in [3.05, 3.63) is 32.4 Å². The highest BCUT2D eigenvalue weighted by molar-refractivity contribution is 14.1. The Hall–Kier alpha value is -0.330. The standard InChI is InChI=1S/C19H26ClIN2O/c1-14-6-9-22(10-7-14)12-15-3-2-8-23(13-15)19(24)16-4-5-17(20)18(21)11-16/h4-5,11,14-15H,2-3,6-10,12-13H2,1H3. The van der Waals surface area contributed by atoms with Gasteiger partial charge in [-0.2, -0.15) is 0 Å². The van der Waals surface area contributed by atoms with Gasteiger partial charge in [-0.25, -0.2) is 0 Å². The van der Waals surface area contributed by atoms with Crippen molar-refractivity contribution in [1.29, 1.82) is 0 Å². The normalized spacial score (nSPS) is 23.5. The Balaban J connectivity index is 1.58. The molecule has 2 aliphatic rings. The van der Waals surface area contributed by atoms with Crippen molar-refractivity contribution in [3.8, 4) is 0 Å². The Kier molecular flexibility index (Phi) is 6.44. The minimum atomic E-state index is 0.154. The first-order valence-corrected chi connectivity index (χ1v) is 10.5. The number of halogens is 2. The second-order valence-electron chi connectivity index (χ2n) is 7.37. The lowest BCUT2D eigenvalue weighted by Crippen LogP contribution is -2.45. The van der Waals surface area contributed by atoms with Crippen molar-refractivity contribution in [2.45, 2.75) is 32.6 Å². The van der Waals surface area contributed by atoms with Crippen LogP contribution in [0.3, 0.4) is 0 Å². The number of carbonyl (C=O) groups excluding carboxylic acids is 1. The fourth-order valence-corrected chi connectivity index (χ4v) is 4.45. The van der Waals surface area contributed by atoms with E-state index in [1.807, 2.05) is 23.1 Å². The second-order valence-corrected chi connectivity index (χ2v) is 8.94. The SMILES string of the molecule is CC1CCN(CC2CCCN(C(=O)c3ccc(Cl)c(I)c3)C2)CC1. The minimum Gasteiger partial charge on any atom is -0.338 e. The van der Waals surface area contributed by atoms with E-state index in [2.05, 4.69) is 34.4 Å². The monoisotopic (exact) mass is 460 g/mol. The van der Waals surface area contributed by atoms with E-state index in [1.54, 1.807) is 0 Å². The zero-order valence-corrected chi connectivity index (χ0v) is 17.2. The number of amides is 1. The molecule has 3 nitrogen and oxygen atoms in total. The van der Waals surface area contributed by atoms with E-state index in [0.29, 0.717) is 10.9 Å². The van der Waals surface area contributed by atoms with Crippen molar-refractivity contribution in [3.63, 3.8) is 0 Å². The van der Waals surface area contributed by atoms with Crippen LogP contribution in [0.15, 0.2) is 18.2 Å². The molecule has 2 heterocycles. The average molecular weight is 461 g/mol. The minimum absolute atomic E-state index is 0.154. The molecule has 0 radical (unpaired) electrons. The van der Waals surface area contributed by atoms with Gasteiger partial charge in [0.2, 0.25) is 0 Å². The van der Waals surface area contributed by atoms with Crippen LogP contribution in [-0.4, -0.2) is 48.4 Å². The highest BCUT2D eigenvalue weighted by Gasteiger charge is 2.27. The van der Waals surface area contributed by atoms with E-state index in [9.17, 15) is 4.79 Å². The summed E-state index contributed by atoms with van der Waals surface area (Å²) in [6.45, 7) is 7.72. The van der Waals surface area contributed by atoms with Gasteiger partial charge in [-0.05, 0) is 91.4 Å². The third-order valence-electron chi connectivity index (χ3n) is 5.37. The summed E-state index contributed by atoms with van der Waals surface area (Å²) in [6.07, 6.45) is 5.00. The first-order valence-electron chi connectivity index (χ1n) is 8.99. The van der Waals surface area contributed by atoms with Crippen molar-refractivity contribution in [1.82, 2.24) is 9.80 Å². The van der Waals surface area contributed by atoms with E-state index in [1.165, 1.54) is 32.4 Å². The summed E-state index contributed by atoms with van der Waals surface area (Å²) in [6, 6.07) is 5.58. The molecule has 0 saturated carbocycles. The molecule has 0 bridgehead atoms. The maximum atomic E-state index is 12.8. The highest BCUT2D eigenvalue weighted by Crippen LogP contribution is 2.24. The molecule has 0 spiro atoms. The van der Waals surface area contributed by atoms with Gasteiger partial charge in [0.25, 0.3) is 5.91 Å². The van der Waals surface area contributed by atoms with Crippen LogP contribution in [0.25, 0.3) is 0 Å². The molecular weight excluding hydrogens is 435 g/mol. The van der Waals surface area contributed by atoms with Gasteiger partial charge in [-0.15, -0.1) is 0 Å². The Labute approximate surface area is 163 Å². The Morgan fingerprint density at radius 2 is 2.00 bits per heavy atom. The molecule has 1 aromatic rings. The third kappa shape index (κ3) is 4.64. The van der Waals surface area contributed by atoms with Crippen LogP contribution in [0, 0.1) is 15.4 Å². The third-order valence-corrected chi connectivity index (χ3v) is 6.91. The topological polar surface area (TPSA) is 23.6 Å². The Bertz CT molecular complexity index is 587. The van der Waals surface area contributed by atoms with Gasteiger partial charge in [0.05, 0.1) is 5.02 Å². The molecule has 1 atom stereocenters. The summed E-state index contributed by atoms with van der Waals surface area (Å²) in [5, 5.41) is 0.711. The molecule has 2 saturated heterocycles. The summed E-state index contributed by atoms with van der Waals surface area (Å²) in [5.41, 5.74) is 0.760. The molecule has 1 amide bonds. The van der Waals surface area contributed by atoms with E-state index >= 15 is 0 Å². The number of nitrogens with zero attached hydrogens (tertiary/aromatic N) is 2. The molecule has 0 aromatic heterocycles. The fraction of sp³-hybridized carbons (Fsp3) is 0.632. The van der Waals surface area contributed by atoms with Crippen LogP contribution in [0.1, 0.15) is 43.0 Å². The molecule has 132 valence electrons. The van der Waals surface area contributed by atoms with Crippen molar-refractivity contribution in [2.24, 2.45) is 11.8 Å². The lowest BCUT2D eigenvalue weighted by atomic mass is 9.94. The van der Waals surface area contributed by atoms with Crippen LogP contribution in [0.4, 0.5) is 0 Å². The molecule has 5 heteroatoms. The van der Waals surface area contributed by atoms with Crippen molar-refractivity contribution in [2.75, 3.05) is 32.7 Å². The van der Waals surface area contributed by atoms with Crippen LogP contribution in [-0.2, 0) is 0 Å². The van der Waals surface area contributed by atoms with Gasteiger partial charge < -0.3 is 9.80 Å². The van der Waals surface area contributed by atoms with Crippen LogP contribution < -0.4 is 0 Å². The van der Waals surface area contributed by atoms with Gasteiger partial charge in [0.15, 0.2) is 0 Å². The number of hydrogen-bond donors (Lipinski definition) is 0. The summed E-state index contributed by atoms with van der Waals surface area (Å²) in [5.74, 6) is 1.64. The smallest absolute Gasteiger partial charge is 0.253 e. The van der Waals surface area contributed by atoms with Gasteiger partial charge in [-0.1, -0.05) is 18.5 Å². The van der Waals surface area contributed by atoms with E-state index < -0.39 is 0 Å². The second kappa shape index (κ2) is 8.37. The van der Waals surface area contributed by atoms with Gasteiger partial charge >= 0.3 is 0 Å². The highest BCUT2D eigenvalue weighted by atomic mass is 127. The van der Waals surface area contributed by atoms with E-state index in [-0.39, 0.29) is 5.91 Å². The van der Waals surface area contributed by atoms with E-state index in [0.717, 1.165) is 41.1 Å². The lowest BCUT2D eigenvalue weighted by molar-refractivity contribution is 0.0622. The maximum absolute atomic E-state index is 12.8. The predicted octanol–water partition coefficient (Wildman–Crippen LogP) is 4.53.